The van der Waals surface area contributed by atoms with Gasteiger partial charge in [-0.1, -0.05) is 20.8 Å². The van der Waals surface area contributed by atoms with Crippen LogP contribution in [0.4, 0.5) is 0 Å². The van der Waals surface area contributed by atoms with Gasteiger partial charge in [-0.15, -0.1) is 0 Å². The van der Waals surface area contributed by atoms with Crippen LogP contribution >= 0.6 is 0 Å². The Bertz CT molecular complexity index is 377. The lowest BCUT2D eigenvalue weighted by Gasteiger charge is -2.43. The average Bonchev–Trinajstić information content (AvgIpc) is 2.52. The summed E-state index contributed by atoms with van der Waals surface area (Å²) in [6.45, 7) is 21.3. The van der Waals surface area contributed by atoms with E-state index in [9.17, 15) is 0 Å². The Kier molecular flexibility index (Phi) is 7.54. The molecule has 2 rings (SSSR count). The number of morpholine rings is 2. The molecule has 0 amide bonds. The van der Waals surface area contributed by atoms with Crippen LogP contribution in [0.15, 0.2) is 0 Å². The van der Waals surface area contributed by atoms with Gasteiger partial charge in [0.25, 0.3) is 0 Å². The molecule has 24 heavy (non-hydrogen) atoms. The highest BCUT2D eigenvalue weighted by atomic mass is 16.5. The molecule has 2 aliphatic rings. The molecule has 6 atom stereocenters. The van der Waals surface area contributed by atoms with Crippen LogP contribution in [0.3, 0.4) is 0 Å². The normalized spacial score (nSPS) is 34.2. The molecule has 0 N–H and O–H groups in total. The Balaban J connectivity index is 1.88. The van der Waals surface area contributed by atoms with E-state index in [-0.39, 0.29) is 0 Å². The van der Waals surface area contributed by atoms with E-state index in [0.29, 0.717) is 42.2 Å². The molecule has 4 nitrogen and oxygen atoms in total. The minimum atomic E-state index is 0.343. The highest BCUT2D eigenvalue weighted by molar-refractivity contribution is 4.85. The number of ether oxygens (including phenoxy) is 2. The topological polar surface area (TPSA) is 24.9 Å². The van der Waals surface area contributed by atoms with Crippen LogP contribution in [-0.2, 0) is 9.47 Å². The third-order valence-electron chi connectivity index (χ3n) is 6.20. The van der Waals surface area contributed by atoms with E-state index < -0.39 is 0 Å². The van der Waals surface area contributed by atoms with Gasteiger partial charge in [0.1, 0.15) is 0 Å². The Morgan fingerprint density at radius 1 is 0.875 bits per heavy atom. The lowest BCUT2D eigenvalue weighted by Crippen LogP contribution is -2.53. The molecule has 4 heteroatoms. The summed E-state index contributed by atoms with van der Waals surface area (Å²) >= 11 is 0. The first-order valence-electron chi connectivity index (χ1n) is 10.0. The lowest BCUT2D eigenvalue weighted by atomic mass is 9.93. The molecule has 2 aliphatic heterocycles. The zero-order valence-corrected chi connectivity index (χ0v) is 17.0. The molecule has 0 spiro atoms. The summed E-state index contributed by atoms with van der Waals surface area (Å²) in [5.74, 6) is 1.34. The van der Waals surface area contributed by atoms with Gasteiger partial charge in [0.05, 0.1) is 24.9 Å². The van der Waals surface area contributed by atoms with Crippen LogP contribution in [-0.4, -0.2) is 73.0 Å². The van der Waals surface area contributed by atoms with Gasteiger partial charge in [0.15, 0.2) is 0 Å². The average molecular weight is 341 g/mol. The maximum Gasteiger partial charge on any atom is 0.0709 e. The highest BCUT2D eigenvalue weighted by Gasteiger charge is 2.32. The molecule has 0 aromatic rings. The molecule has 0 aromatic heterocycles. The summed E-state index contributed by atoms with van der Waals surface area (Å²) in [7, 11) is 0. The number of hydrogen-bond acceptors (Lipinski definition) is 4. The Labute approximate surface area is 149 Å². The molecule has 2 saturated heterocycles. The van der Waals surface area contributed by atoms with Crippen molar-refractivity contribution in [2.45, 2.75) is 85.3 Å². The van der Waals surface area contributed by atoms with Crippen LogP contribution in [0, 0.1) is 11.8 Å². The smallest absolute Gasteiger partial charge is 0.0709 e. The Morgan fingerprint density at radius 2 is 1.54 bits per heavy atom. The second-order valence-corrected chi connectivity index (χ2v) is 8.64. The molecular weight excluding hydrogens is 300 g/mol. The minimum Gasteiger partial charge on any atom is -0.376 e. The van der Waals surface area contributed by atoms with Crippen molar-refractivity contribution in [3.8, 4) is 0 Å². The van der Waals surface area contributed by atoms with Gasteiger partial charge >= 0.3 is 0 Å². The van der Waals surface area contributed by atoms with E-state index >= 15 is 0 Å². The summed E-state index contributed by atoms with van der Waals surface area (Å²) in [5, 5.41) is 0. The molecule has 0 saturated carbocycles. The highest BCUT2D eigenvalue weighted by Crippen LogP contribution is 2.25. The van der Waals surface area contributed by atoms with Gasteiger partial charge < -0.3 is 9.47 Å². The summed E-state index contributed by atoms with van der Waals surface area (Å²) in [4.78, 5) is 5.23. The van der Waals surface area contributed by atoms with Crippen molar-refractivity contribution in [2.75, 3.05) is 32.8 Å². The van der Waals surface area contributed by atoms with Gasteiger partial charge in [-0.2, -0.15) is 0 Å². The van der Waals surface area contributed by atoms with Crippen molar-refractivity contribution >= 4 is 0 Å². The molecule has 2 heterocycles. The zero-order valence-electron chi connectivity index (χ0n) is 17.0. The van der Waals surface area contributed by atoms with Crippen molar-refractivity contribution in [1.29, 1.82) is 0 Å². The van der Waals surface area contributed by atoms with Crippen LogP contribution in [0.2, 0.25) is 0 Å². The fraction of sp³-hybridized carbons (Fsp3) is 1.00. The molecule has 0 bridgehead atoms. The quantitative estimate of drug-likeness (QED) is 0.741. The molecule has 2 fully saturated rings. The maximum atomic E-state index is 6.29. The van der Waals surface area contributed by atoms with E-state index in [1.165, 1.54) is 0 Å². The third kappa shape index (κ3) is 5.42. The van der Waals surface area contributed by atoms with E-state index in [0.717, 1.165) is 39.2 Å². The van der Waals surface area contributed by atoms with Gasteiger partial charge in [-0.25, -0.2) is 0 Å². The first-order valence-corrected chi connectivity index (χ1v) is 10.0. The van der Waals surface area contributed by atoms with Crippen molar-refractivity contribution < 1.29 is 9.47 Å². The molecule has 142 valence electrons. The van der Waals surface area contributed by atoms with E-state index in [4.69, 9.17) is 9.47 Å². The van der Waals surface area contributed by atoms with Gasteiger partial charge in [-0.3, -0.25) is 9.80 Å². The van der Waals surface area contributed by atoms with E-state index in [1.54, 1.807) is 0 Å². The first kappa shape index (κ1) is 20.2. The largest absolute Gasteiger partial charge is 0.376 e. The summed E-state index contributed by atoms with van der Waals surface area (Å²) in [6, 6.07) is 1.22. The Hall–Kier alpha value is -0.160. The van der Waals surface area contributed by atoms with Gasteiger partial charge in [0, 0.05) is 38.3 Å². The standard InChI is InChI=1S/C20H40N2O2/c1-14(2)18(6)22-12-17(5)24-20(13-22)10-15(3)19(7)21-8-9-23-16(4)11-21/h14-20H,8-13H2,1-7H3/t15?,16?,17-,18-,19?,20?/m1/s1. The molecule has 0 radical (unpaired) electrons. The molecule has 0 aliphatic carbocycles. The molecule has 4 unspecified atom stereocenters. The summed E-state index contributed by atoms with van der Waals surface area (Å²) < 4.78 is 12.0. The summed E-state index contributed by atoms with van der Waals surface area (Å²) in [6.07, 6.45) is 2.22. The maximum absolute atomic E-state index is 6.29. The third-order valence-corrected chi connectivity index (χ3v) is 6.20. The van der Waals surface area contributed by atoms with Gasteiger partial charge in [0.2, 0.25) is 0 Å². The van der Waals surface area contributed by atoms with E-state index in [1.807, 2.05) is 0 Å². The van der Waals surface area contributed by atoms with Crippen molar-refractivity contribution in [3.63, 3.8) is 0 Å². The second-order valence-electron chi connectivity index (χ2n) is 8.64. The Morgan fingerprint density at radius 3 is 2.17 bits per heavy atom. The van der Waals surface area contributed by atoms with Crippen molar-refractivity contribution in [2.24, 2.45) is 11.8 Å². The lowest BCUT2D eigenvalue weighted by molar-refractivity contribution is -0.103. The second kappa shape index (κ2) is 8.98. The van der Waals surface area contributed by atoms with Crippen LogP contribution in [0.25, 0.3) is 0 Å². The predicted octanol–water partition coefficient (Wildman–Crippen LogP) is 3.26. The SMILES string of the molecule is CC1CN(C(C)C(C)CC2CN([C@H](C)C(C)C)C[C@@H](C)O2)CCO1. The fourth-order valence-electron chi connectivity index (χ4n) is 4.15. The molecular formula is C20H40N2O2. The number of hydrogen-bond donors (Lipinski definition) is 0. The van der Waals surface area contributed by atoms with E-state index in [2.05, 4.69) is 58.3 Å². The van der Waals surface area contributed by atoms with Crippen LogP contribution in [0.5, 0.6) is 0 Å². The van der Waals surface area contributed by atoms with Crippen molar-refractivity contribution in [3.05, 3.63) is 0 Å². The van der Waals surface area contributed by atoms with Gasteiger partial charge in [-0.05, 0) is 46.0 Å². The minimum absolute atomic E-state index is 0.343. The number of rotatable bonds is 6. The zero-order chi connectivity index (χ0) is 17.9. The molecule has 0 aromatic carbocycles. The van der Waals surface area contributed by atoms with Crippen LogP contribution in [0.1, 0.15) is 54.9 Å². The van der Waals surface area contributed by atoms with Crippen molar-refractivity contribution in [1.82, 2.24) is 9.80 Å². The monoisotopic (exact) mass is 340 g/mol. The fourth-order valence-corrected chi connectivity index (χ4v) is 4.15. The predicted molar refractivity (Wildman–Crippen MR) is 100 cm³/mol. The number of nitrogens with zero attached hydrogens (tertiary/aromatic N) is 2. The van der Waals surface area contributed by atoms with Crippen LogP contribution < -0.4 is 0 Å². The first-order chi connectivity index (χ1) is 11.3. The summed E-state index contributed by atoms with van der Waals surface area (Å²) in [5.41, 5.74) is 0.